The van der Waals surface area contributed by atoms with Gasteiger partial charge in [-0.05, 0) is 31.6 Å². The summed E-state index contributed by atoms with van der Waals surface area (Å²) in [6.45, 7) is 7.30. The zero-order chi connectivity index (χ0) is 76.2. The van der Waals surface area contributed by atoms with Gasteiger partial charge in [0.05, 0.1) is 26.4 Å². The fraction of sp³-hybridized carbons (Fsp3) is 0.953. The third kappa shape index (κ3) is 76.8. The third-order valence-corrected chi connectivity index (χ3v) is 22.3. The van der Waals surface area contributed by atoms with Crippen LogP contribution in [0.2, 0.25) is 0 Å². The standard InChI is InChI=1S/C85H166O17P2/c1-6-10-13-16-19-22-25-28-30-32-34-36-37-39-41-43-45-48-51-54-61-66-71-85(90)101-80(74-95-82(87)68-63-58-52-49-47-44-42-40-38-35-33-31-29-26-23-20-17-14-11-7-2)76-99-103(91,92)97-72-79(86)73-98-104(93,94)100-77-81(75-96-83(88)69-64-59-56-55-57-62-67-78(5)9-4)102-84(89)70-65-60-53-50-46-27-24-21-18-15-12-8-3/h78-81,86H,6-77H2,1-5H3,(H,91,92)(H,93,94)/t78?,79-,80-,81-/m1/s1. The molecular formula is C85H166O17P2. The average Bonchev–Trinajstić information content (AvgIpc) is 0.987. The fourth-order valence-electron chi connectivity index (χ4n) is 13.3. The van der Waals surface area contributed by atoms with Crippen LogP contribution in [0.4, 0.5) is 0 Å². The van der Waals surface area contributed by atoms with Crippen molar-refractivity contribution in [1.29, 1.82) is 0 Å². The Labute approximate surface area is 638 Å². The van der Waals surface area contributed by atoms with Crippen molar-refractivity contribution in [2.24, 2.45) is 5.92 Å². The lowest BCUT2D eigenvalue weighted by Gasteiger charge is -2.21. The van der Waals surface area contributed by atoms with Crippen molar-refractivity contribution in [3.63, 3.8) is 0 Å². The summed E-state index contributed by atoms with van der Waals surface area (Å²) >= 11 is 0. The van der Waals surface area contributed by atoms with Crippen molar-refractivity contribution in [3.8, 4) is 0 Å². The van der Waals surface area contributed by atoms with E-state index >= 15 is 0 Å². The van der Waals surface area contributed by atoms with E-state index in [1.807, 2.05) is 0 Å². The first-order chi connectivity index (χ1) is 50.6. The summed E-state index contributed by atoms with van der Waals surface area (Å²) in [6, 6.07) is 0. The molecule has 0 bridgehead atoms. The summed E-state index contributed by atoms with van der Waals surface area (Å²) in [6.07, 6.45) is 71.0. The number of phosphoric acid groups is 2. The van der Waals surface area contributed by atoms with Gasteiger partial charge in [0.1, 0.15) is 19.3 Å². The first kappa shape index (κ1) is 102. The van der Waals surface area contributed by atoms with E-state index in [0.29, 0.717) is 25.7 Å². The van der Waals surface area contributed by atoms with Gasteiger partial charge in [-0.2, -0.15) is 0 Å². The molecular weight excluding hydrogens is 1350 g/mol. The van der Waals surface area contributed by atoms with Crippen LogP contribution in [0, 0.1) is 5.92 Å². The van der Waals surface area contributed by atoms with E-state index in [2.05, 4.69) is 34.6 Å². The van der Waals surface area contributed by atoms with E-state index in [4.69, 9.17) is 37.0 Å². The van der Waals surface area contributed by atoms with Crippen molar-refractivity contribution in [1.82, 2.24) is 0 Å². The summed E-state index contributed by atoms with van der Waals surface area (Å²) in [5, 5.41) is 10.7. The summed E-state index contributed by atoms with van der Waals surface area (Å²) in [7, 11) is -9.92. The Bertz CT molecular complexity index is 1980. The summed E-state index contributed by atoms with van der Waals surface area (Å²) < 4.78 is 68.8. The number of aliphatic hydroxyl groups is 1. The summed E-state index contributed by atoms with van der Waals surface area (Å²) in [4.78, 5) is 73.1. The number of esters is 4. The van der Waals surface area contributed by atoms with Crippen molar-refractivity contribution < 1.29 is 80.2 Å². The fourth-order valence-corrected chi connectivity index (χ4v) is 14.8. The molecule has 0 aromatic rings. The van der Waals surface area contributed by atoms with Crippen LogP contribution >= 0.6 is 15.6 Å². The Hall–Kier alpha value is -1.94. The maximum absolute atomic E-state index is 13.1. The van der Waals surface area contributed by atoms with E-state index in [9.17, 15) is 43.2 Å². The molecule has 104 heavy (non-hydrogen) atoms. The molecule has 0 amide bonds. The van der Waals surface area contributed by atoms with Crippen LogP contribution in [-0.4, -0.2) is 96.7 Å². The monoisotopic (exact) mass is 1520 g/mol. The number of hydrogen-bond acceptors (Lipinski definition) is 15. The van der Waals surface area contributed by atoms with Crippen LogP contribution in [0.15, 0.2) is 0 Å². The predicted molar refractivity (Wildman–Crippen MR) is 428 cm³/mol. The highest BCUT2D eigenvalue weighted by Crippen LogP contribution is 2.45. The lowest BCUT2D eigenvalue weighted by Crippen LogP contribution is -2.30. The second-order valence-corrected chi connectivity index (χ2v) is 33.7. The maximum atomic E-state index is 13.1. The number of unbranched alkanes of at least 4 members (excludes halogenated alkanes) is 56. The SMILES string of the molecule is CCCCCCCCCCCCCCCCCCCCCCCCC(=O)O[C@H](COC(=O)CCCCCCCCCCCCCCCCCCCCCC)COP(=O)(O)OC[C@@H](O)COP(=O)(O)OC[C@@H](COC(=O)CCCCCCCCC(C)CC)OC(=O)CCCCCCCCCCCCCC. The lowest BCUT2D eigenvalue weighted by molar-refractivity contribution is -0.161. The molecule has 0 aromatic heterocycles. The van der Waals surface area contributed by atoms with E-state index in [1.54, 1.807) is 0 Å². The molecule has 3 N–H and O–H groups in total. The normalized spacial score (nSPS) is 14.0. The average molecular weight is 1520 g/mol. The van der Waals surface area contributed by atoms with E-state index < -0.39 is 97.5 Å². The molecule has 19 heteroatoms. The Morgan fingerprint density at radius 3 is 0.683 bits per heavy atom. The van der Waals surface area contributed by atoms with Gasteiger partial charge in [0.15, 0.2) is 12.2 Å². The Morgan fingerprint density at radius 2 is 0.462 bits per heavy atom. The molecule has 0 spiro atoms. The molecule has 0 saturated heterocycles. The molecule has 0 aliphatic heterocycles. The van der Waals surface area contributed by atoms with Gasteiger partial charge in [-0.15, -0.1) is 0 Å². The quantitative estimate of drug-likeness (QED) is 0.0222. The zero-order valence-corrected chi connectivity index (χ0v) is 70.0. The molecule has 0 rings (SSSR count). The Kier molecular flexibility index (Phi) is 76.3. The minimum Gasteiger partial charge on any atom is -0.462 e. The molecule has 0 fully saturated rings. The number of carbonyl (C=O) groups is 4. The minimum atomic E-state index is -4.96. The largest absolute Gasteiger partial charge is 0.472 e. The van der Waals surface area contributed by atoms with Crippen molar-refractivity contribution in [2.75, 3.05) is 39.6 Å². The summed E-state index contributed by atoms with van der Waals surface area (Å²) in [5.41, 5.74) is 0. The van der Waals surface area contributed by atoms with Crippen molar-refractivity contribution in [2.45, 2.75) is 477 Å². The van der Waals surface area contributed by atoms with Gasteiger partial charge in [-0.3, -0.25) is 37.3 Å². The highest BCUT2D eigenvalue weighted by Gasteiger charge is 2.30. The molecule has 0 saturated carbocycles. The first-order valence-electron chi connectivity index (χ1n) is 44.2. The molecule has 0 aliphatic rings. The molecule has 0 aromatic carbocycles. The number of carbonyl (C=O) groups excluding carboxylic acids is 4. The number of rotatable bonds is 85. The highest BCUT2D eigenvalue weighted by molar-refractivity contribution is 7.47. The van der Waals surface area contributed by atoms with Crippen LogP contribution in [0.25, 0.3) is 0 Å². The van der Waals surface area contributed by atoms with Gasteiger partial charge >= 0.3 is 39.5 Å². The van der Waals surface area contributed by atoms with Crippen LogP contribution in [0.1, 0.15) is 458 Å². The van der Waals surface area contributed by atoms with Crippen molar-refractivity contribution in [3.05, 3.63) is 0 Å². The molecule has 0 radical (unpaired) electrons. The van der Waals surface area contributed by atoms with Gasteiger partial charge in [-0.1, -0.05) is 407 Å². The topological polar surface area (TPSA) is 237 Å². The lowest BCUT2D eigenvalue weighted by atomic mass is 10.00. The molecule has 0 heterocycles. The Morgan fingerprint density at radius 1 is 0.269 bits per heavy atom. The summed E-state index contributed by atoms with van der Waals surface area (Å²) in [5.74, 6) is -1.37. The maximum Gasteiger partial charge on any atom is 0.472 e. The van der Waals surface area contributed by atoms with Gasteiger partial charge < -0.3 is 33.8 Å². The number of phosphoric ester groups is 2. The Balaban J connectivity index is 5.19. The second kappa shape index (κ2) is 77.8. The van der Waals surface area contributed by atoms with Crippen LogP contribution < -0.4 is 0 Å². The van der Waals surface area contributed by atoms with Gasteiger partial charge in [0.2, 0.25) is 0 Å². The van der Waals surface area contributed by atoms with E-state index in [1.165, 1.54) is 276 Å². The van der Waals surface area contributed by atoms with Crippen LogP contribution in [-0.2, 0) is 65.4 Å². The molecule has 618 valence electrons. The minimum absolute atomic E-state index is 0.107. The number of ether oxygens (including phenoxy) is 4. The van der Waals surface area contributed by atoms with Gasteiger partial charge in [0, 0.05) is 25.7 Å². The predicted octanol–water partition coefficient (Wildman–Crippen LogP) is 26.0. The molecule has 17 nitrogen and oxygen atoms in total. The zero-order valence-electron chi connectivity index (χ0n) is 68.2. The van der Waals surface area contributed by atoms with Gasteiger partial charge in [-0.25, -0.2) is 9.13 Å². The van der Waals surface area contributed by atoms with Crippen LogP contribution in [0.3, 0.4) is 0 Å². The smallest absolute Gasteiger partial charge is 0.462 e. The second-order valence-electron chi connectivity index (χ2n) is 30.8. The van der Waals surface area contributed by atoms with E-state index in [0.717, 1.165) is 102 Å². The first-order valence-corrected chi connectivity index (χ1v) is 47.2. The molecule has 0 aliphatic carbocycles. The highest BCUT2D eigenvalue weighted by atomic mass is 31.2. The third-order valence-electron chi connectivity index (χ3n) is 20.4. The van der Waals surface area contributed by atoms with Crippen LogP contribution in [0.5, 0.6) is 0 Å². The molecule has 3 unspecified atom stereocenters. The van der Waals surface area contributed by atoms with Gasteiger partial charge in [0.25, 0.3) is 0 Å². The van der Waals surface area contributed by atoms with E-state index in [-0.39, 0.29) is 25.7 Å². The number of aliphatic hydroxyl groups excluding tert-OH is 1. The number of hydrogen-bond donors (Lipinski definition) is 3. The molecule has 6 atom stereocenters. The van der Waals surface area contributed by atoms with Crippen molar-refractivity contribution >= 4 is 39.5 Å².